The number of anilines is 1. The van der Waals surface area contributed by atoms with Crippen LogP contribution in [0.15, 0.2) is 18.2 Å². The van der Waals surface area contributed by atoms with Gasteiger partial charge in [0.2, 0.25) is 0 Å². The first-order chi connectivity index (χ1) is 9.80. The van der Waals surface area contributed by atoms with Gasteiger partial charge in [-0.3, -0.25) is 10.1 Å². The van der Waals surface area contributed by atoms with Crippen molar-refractivity contribution in [3.63, 3.8) is 0 Å². The predicted molar refractivity (Wildman–Crippen MR) is 83.2 cm³/mol. The lowest BCUT2D eigenvalue weighted by molar-refractivity contribution is -0.385. The molecule has 0 radical (unpaired) electrons. The zero-order chi connectivity index (χ0) is 15.6. The number of nitro benzene ring substituents is 1. The van der Waals surface area contributed by atoms with Crippen molar-refractivity contribution in [1.82, 2.24) is 5.32 Å². The molecule has 1 N–H and O–H groups in total. The molecule has 6 nitrogen and oxygen atoms in total. The third-order valence-electron chi connectivity index (χ3n) is 3.44. The Morgan fingerprint density at radius 3 is 2.71 bits per heavy atom. The van der Waals surface area contributed by atoms with E-state index >= 15 is 0 Å². The first-order valence-electron chi connectivity index (χ1n) is 7.24. The van der Waals surface area contributed by atoms with Gasteiger partial charge in [-0.25, -0.2) is 0 Å². The van der Waals surface area contributed by atoms with Crippen molar-refractivity contribution in [2.24, 2.45) is 0 Å². The van der Waals surface area contributed by atoms with E-state index < -0.39 is 0 Å². The molecule has 0 bridgehead atoms. The van der Waals surface area contributed by atoms with Gasteiger partial charge in [-0.15, -0.1) is 0 Å². The molecule has 21 heavy (non-hydrogen) atoms. The normalized spacial score (nSPS) is 17.9. The maximum Gasteiger partial charge on any atom is 0.333 e. The Hall–Kier alpha value is -1.82. The molecule has 0 spiro atoms. The number of piperazine rings is 1. The maximum atomic E-state index is 11.5. The molecule has 1 aromatic carbocycles. The number of nitrogens with one attached hydrogen (secondary N) is 1. The van der Waals surface area contributed by atoms with Gasteiger partial charge < -0.3 is 15.0 Å². The Morgan fingerprint density at radius 2 is 2.14 bits per heavy atom. The summed E-state index contributed by atoms with van der Waals surface area (Å²) in [5, 5.41) is 14.9. The van der Waals surface area contributed by atoms with Crippen LogP contribution in [0.2, 0.25) is 0 Å². The van der Waals surface area contributed by atoms with Gasteiger partial charge in [0.05, 0.1) is 11.0 Å². The lowest BCUT2D eigenvalue weighted by Crippen LogP contribution is -2.57. The monoisotopic (exact) mass is 293 g/mol. The van der Waals surface area contributed by atoms with Gasteiger partial charge in [-0.05, 0) is 39.8 Å². The van der Waals surface area contributed by atoms with Gasteiger partial charge in [0.1, 0.15) is 5.69 Å². The van der Waals surface area contributed by atoms with Gasteiger partial charge >= 0.3 is 5.69 Å². The number of para-hydroxylation sites is 1. The Balaban J connectivity index is 2.40. The van der Waals surface area contributed by atoms with Gasteiger partial charge in [-0.2, -0.15) is 0 Å². The van der Waals surface area contributed by atoms with Crippen molar-refractivity contribution < 1.29 is 9.66 Å². The van der Waals surface area contributed by atoms with Crippen molar-refractivity contribution >= 4 is 11.4 Å². The van der Waals surface area contributed by atoms with E-state index in [9.17, 15) is 10.1 Å². The highest BCUT2D eigenvalue weighted by Crippen LogP contribution is 2.38. The minimum absolute atomic E-state index is 0.0592. The SMILES string of the molecule is CC(C)Oc1cccc(N2CCNC(C)(C)C2)c1[N+](=O)[O-]. The number of hydrogen-bond acceptors (Lipinski definition) is 5. The van der Waals surface area contributed by atoms with Crippen LogP contribution in [0.25, 0.3) is 0 Å². The summed E-state index contributed by atoms with van der Waals surface area (Å²) in [5.41, 5.74) is 0.623. The molecule has 116 valence electrons. The molecular formula is C15H23N3O3. The average Bonchev–Trinajstić information content (AvgIpc) is 2.36. The molecule has 0 unspecified atom stereocenters. The zero-order valence-corrected chi connectivity index (χ0v) is 13.0. The second-order valence-electron chi connectivity index (χ2n) is 6.28. The van der Waals surface area contributed by atoms with Crippen molar-refractivity contribution in [1.29, 1.82) is 0 Å². The van der Waals surface area contributed by atoms with Crippen LogP contribution in [0.5, 0.6) is 5.75 Å². The summed E-state index contributed by atoms with van der Waals surface area (Å²) in [5.74, 6) is 0.337. The average molecular weight is 293 g/mol. The predicted octanol–water partition coefficient (Wildman–Crippen LogP) is 2.57. The summed E-state index contributed by atoms with van der Waals surface area (Å²) in [4.78, 5) is 13.2. The Morgan fingerprint density at radius 1 is 1.43 bits per heavy atom. The number of nitro groups is 1. The summed E-state index contributed by atoms with van der Waals surface area (Å²) in [6, 6.07) is 5.27. The second kappa shape index (κ2) is 5.89. The number of rotatable bonds is 4. The van der Waals surface area contributed by atoms with E-state index in [0.29, 0.717) is 11.4 Å². The lowest BCUT2D eigenvalue weighted by atomic mass is 10.0. The molecule has 1 saturated heterocycles. The van der Waals surface area contributed by atoms with Crippen molar-refractivity contribution in [3.05, 3.63) is 28.3 Å². The van der Waals surface area contributed by atoms with Crippen LogP contribution in [0.1, 0.15) is 27.7 Å². The van der Waals surface area contributed by atoms with Crippen molar-refractivity contribution in [3.8, 4) is 5.75 Å². The Kier molecular flexibility index (Phi) is 4.37. The molecule has 1 aliphatic rings. The highest BCUT2D eigenvalue weighted by Gasteiger charge is 2.31. The Labute approximate surface area is 125 Å². The third kappa shape index (κ3) is 3.64. The summed E-state index contributed by atoms with van der Waals surface area (Å²) in [6.07, 6.45) is -0.0987. The van der Waals surface area contributed by atoms with E-state index in [0.717, 1.165) is 19.6 Å². The molecule has 0 aliphatic carbocycles. The van der Waals surface area contributed by atoms with E-state index in [1.807, 2.05) is 19.9 Å². The first kappa shape index (κ1) is 15.6. The number of hydrogen-bond donors (Lipinski definition) is 1. The Bertz CT molecular complexity index is 529. The van der Waals surface area contributed by atoms with E-state index in [-0.39, 0.29) is 22.3 Å². The van der Waals surface area contributed by atoms with Crippen LogP contribution >= 0.6 is 0 Å². The minimum atomic E-state index is -0.345. The topological polar surface area (TPSA) is 67.6 Å². The standard InChI is InChI=1S/C15H23N3O3/c1-11(2)21-13-7-5-6-12(14(13)18(19)20)17-9-8-16-15(3,4)10-17/h5-7,11,16H,8-10H2,1-4H3. The van der Waals surface area contributed by atoms with Crippen LogP contribution in [0.3, 0.4) is 0 Å². The van der Waals surface area contributed by atoms with Crippen LogP contribution in [-0.4, -0.2) is 36.2 Å². The summed E-state index contributed by atoms with van der Waals surface area (Å²) < 4.78 is 5.61. The van der Waals surface area contributed by atoms with E-state index in [4.69, 9.17) is 4.74 Å². The zero-order valence-electron chi connectivity index (χ0n) is 13.0. The fourth-order valence-corrected chi connectivity index (χ4v) is 2.65. The fraction of sp³-hybridized carbons (Fsp3) is 0.600. The fourth-order valence-electron chi connectivity index (χ4n) is 2.65. The van der Waals surface area contributed by atoms with Gasteiger partial charge in [-0.1, -0.05) is 6.07 Å². The van der Waals surface area contributed by atoms with Crippen LogP contribution in [0.4, 0.5) is 11.4 Å². The third-order valence-corrected chi connectivity index (χ3v) is 3.44. The van der Waals surface area contributed by atoms with Crippen molar-refractivity contribution in [2.75, 3.05) is 24.5 Å². The number of nitrogens with zero attached hydrogens (tertiary/aromatic N) is 2. The highest BCUT2D eigenvalue weighted by atomic mass is 16.6. The molecule has 0 aromatic heterocycles. The molecular weight excluding hydrogens is 270 g/mol. The van der Waals surface area contributed by atoms with Crippen LogP contribution < -0.4 is 15.0 Å². The molecule has 2 rings (SSSR count). The summed E-state index contributed by atoms with van der Waals surface area (Å²) in [7, 11) is 0. The second-order valence-corrected chi connectivity index (χ2v) is 6.28. The lowest BCUT2D eigenvalue weighted by Gasteiger charge is -2.40. The molecule has 0 atom stereocenters. The molecule has 6 heteroatoms. The molecule has 1 heterocycles. The van der Waals surface area contributed by atoms with E-state index in [1.165, 1.54) is 0 Å². The van der Waals surface area contributed by atoms with Gasteiger partial charge in [0, 0.05) is 25.2 Å². The van der Waals surface area contributed by atoms with Crippen LogP contribution in [-0.2, 0) is 0 Å². The molecule has 1 fully saturated rings. The molecule has 1 aromatic rings. The molecule has 0 saturated carbocycles. The van der Waals surface area contributed by atoms with Gasteiger partial charge in [0.15, 0.2) is 5.75 Å². The summed E-state index contributed by atoms with van der Waals surface area (Å²) >= 11 is 0. The quantitative estimate of drug-likeness (QED) is 0.682. The van der Waals surface area contributed by atoms with Gasteiger partial charge in [0.25, 0.3) is 0 Å². The summed E-state index contributed by atoms with van der Waals surface area (Å²) in [6.45, 7) is 10.2. The maximum absolute atomic E-state index is 11.5. The number of benzene rings is 1. The van der Waals surface area contributed by atoms with E-state index in [2.05, 4.69) is 24.1 Å². The number of ether oxygens (including phenoxy) is 1. The largest absolute Gasteiger partial charge is 0.484 e. The van der Waals surface area contributed by atoms with E-state index in [1.54, 1.807) is 12.1 Å². The van der Waals surface area contributed by atoms with Crippen molar-refractivity contribution in [2.45, 2.75) is 39.3 Å². The van der Waals surface area contributed by atoms with Crippen LogP contribution in [0, 0.1) is 10.1 Å². The minimum Gasteiger partial charge on any atom is -0.484 e. The first-order valence-corrected chi connectivity index (χ1v) is 7.24. The smallest absolute Gasteiger partial charge is 0.333 e. The highest BCUT2D eigenvalue weighted by molar-refractivity contribution is 5.70. The molecule has 0 amide bonds. The molecule has 1 aliphatic heterocycles.